The first-order chi connectivity index (χ1) is 7.31. The highest BCUT2D eigenvalue weighted by Crippen LogP contribution is 2.25. The summed E-state index contributed by atoms with van der Waals surface area (Å²) in [7, 11) is 1.90. The Morgan fingerprint density at radius 1 is 1.53 bits per heavy atom. The van der Waals surface area contributed by atoms with Gasteiger partial charge >= 0.3 is 0 Å². The Morgan fingerprint density at radius 3 is 3.20 bits per heavy atom. The van der Waals surface area contributed by atoms with Gasteiger partial charge in [-0.25, -0.2) is 9.97 Å². The molecule has 0 bridgehead atoms. The van der Waals surface area contributed by atoms with Crippen molar-refractivity contribution in [3.05, 3.63) is 17.8 Å². The van der Waals surface area contributed by atoms with E-state index in [0.717, 1.165) is 16.8 Å². The van der Waals surface area contributed by atoms with Crippen LogP contribution in [-0.4, -0.2) is 29.7 Å². The third kappa shape index (κ3) is 2.24. The minimum absolute atomic E-state index is 0.105. The minimum atomic E-state index is 0.105. The average molecular weight is 223 g/mol. The number of likely N-dealkylation sites (N-methyl/N-ethyl adjacent to an activating group) is 1. The second-order valence-corrected chi connectivity index (χ2v) is 4.20. The minimum Gasteiger partial charge on any atom is -0.473 e. The third-order valence-corrected chi connectivity index (χ3v) is 2.85. The van der Waals surface area contributed by atoms with Crippen molar-refractivity contribution in [3.63, 3.8) is 0 Å². The zero-order chi connectivity index (χ0) is 10.7. The monoisotopic (exact) mass is 223 g/mol. The standard InChI is InChI=1S/C10H13N3OS/c1-7(5-11-2)14-9-8-3-4-15-10(8)13-6-12-9/h3-4,6-7,11H,5H2,1-2H3. The van der Waals surface area contributed by atoms with E-state index in [1.54, 1.807) is 17.7 Å². The molecule has 0 saturated heterocycles. The fourth-order valence-corrected chi connectivity index (χ4v) is 2.10. The molecule has 0 radical (unpaired) electrons. The van der Waals surface area contributed by atoms with E-state index in [0.29, 0.717) is 5.88 Å². The van der Waals surface area contributed by atoms with Crippen LogP contribution in [0.2, 0.25) is 0 Å². The van der Waals surface area contributed by atoms with Crippen molar-refractivity contribution in [2.75, 3.05) is 13.6 Å². The number of hydrogen-bond donors (Lipinski definition) is 1. The zero-order valence-corrected chi connectivity index (χ0v) is 9.54. The van der Waals surface area contributed by atoms with E-state index in [2.05, 4.69) is 15.3 Å². The summed E-state index contributed by atoms with van der Waals surface area (Å²) < 4.78 is 5.72. The van der Waals surface area contributed by atoms with Crippen molar-refractivity contribution in [1.29, 1.82) is 0 Å². The fraction of sp³-hybridized carbons (Fsp3) is 0.400. The number of nitrogens with one attached hydrogen (secondary N) is 1. The molecule has 2 rings (SSSR count). The Morgan fingerprint density at radius 2 is 2.40 bits per heavy atom. The molecule has 2 aromatic heterocycles. The molecule has 0 saturated carbocycles. The van der Waals surface area contributed by atoms with Crippen LogP contribution < -0.4 is 10.1 Å². The van der Waals surface area contributed by atoms with Crippen LogP contribution in [0.3, 0.4) is 0 Å². The van der Waals surface area contributed by atoms with Gasteiger partial charge < -0.3 is 10.1 Å². The zero-order valence-electron chi connectivity index (χ0n) is 8.73. The van der Waals surface area contributed by atoms with Crippen molar-refractivity contribution in [2.24, 2.45) is 0 Å². The number of thiophene rings is 1. The lowest BCUT2D eigenvalue weighted by Gasteiger charge is -2.13. The normalized spacial score (nSPS) is 12.9. The number of hydrogen-bond acceptors (Lipinski definition) is 5. The summed E-state index contributed by atoms with van der Waals surface area (Å²) in [5.74, 6) is 0.670. The van der Waals surface area contributed by atoms with Crippen LogP contribution in [-0.2, 0) is 0 Å². The van der Waals surface area contributed by atoms with Gasteiger partial charge in [-0.1, -0.05) is 0 Å². The van der Waals surface area contributed by atoms with E-state index < -0.39 is 0 Å². The molecule has 0 aromatic carbocycles. The van der Waals surface area contributed by atoms with Crippen LogP contribution in [0.4, 0.5) is 0 Å². The summed E-state index contributed by atoms with van der Waals surface area (Å²) in [5, 5.41) is 6.05. The van der Waals surface area contributed by atoms with Gasteiger partial charge in [0.25, 0.3) is 0 Å². The lowest BCUT2D eigenvalue weighted by molar-refractivity contribution is 0.214. The van der Waals surface area contributed by atoms with Gasteiger partial charge in [-0.2, -0.15) is 0 Å². The van der Waals surface area contributed by atoms with Crippen LogP contribution in [0.1, 0.15) is 6.92 Å². The fourth-order valence-electron chi connectivity index (χ4n) is 1.38. The summed E-state index contributed by atoms with van der Waals surface area (Å²) >= 11 is 1.60. The summed E-state index contributed by atoms with van der Waals surface area (Å²) in [5.41, 5.74) is 0. The highest BCUT2D eigenvalue weighted by Gasteiger charge is 2.09. The molecule has 1 N–H and O–H groups in total. The number of ether oxygens (including phenoxy) is 1. The first-order valence-corrected chi connectivity index (χ1v) is 5.68. The van der Waals surface area contributed by atoms with Crippen molar-refractivity contribution in [3.8, 4) is 5.88 Å². The predicted octanol–water partition coefficient (Wildman–Crippen LogP) is 1.68. The van der Waals surface area contributed by atoms with Gasteiger partial charge in [0.1, 0.15) is 17.3 Å². The summed E-state index contributed by atoms with van der Waals surface area (Å²) in [6.07, 6.45) is 1.65. The van der Waals surface area contributed by atoms with Crippen molar-refractivity contribution < 1.29 is 4.74 Å². The van der Waals surface area contributed by atoms with Crippen LogP contribution in [0.5, 0.6) is 5.88 Å². The molecule has 0 spiro atoms. The topological polar surface area (TPSA) is 47.0 Å². The lowest BCUT2D eigenvalue weighted by Crippen LogP contribution is -2.26. The Bertz CT molecular complexity index is 443. The number of aromatic nitrogens is 2. The SMILES string of the molecule is CNCC(C)Oc1ncnc2sccc12. The van der Waals surface area contributed by atoms with E-state index in [-0.39, 0.29) is 6.10 Å². The van der Waals surface area contributed by atoms with Crippen LogP contribution in [0.15, 0.2) is 17.8 Å². The maximum Gasteiger partial charge on any atom is 0.225 e. The highest BCUT2D eigenvalue weighted by atomic mass is 32.1. The Kier molecular flexibility index (Phi) is 3.13. The number of nitrogens with zero attached hydrogens (tertiary/aromatic N) is 2. The second kappa shape index (κ2) is 4.55. The van der Waals surface area contributed by atoms with Gasteiger partial charge in [0.05, 0.1) is 5.39 Å². The van der Waals surface area contributed by atoms with Gasteiger partial charge in [-0.05, 0) is 25.4 Å². The van der Waals surface area contributed by atoms with Gasteiger partial charge in [0.2, 0.25) is 5.88 Å². The van der Waals surface area contributed by atoms with Crippen molar-refractivity contribution in [1.82, 2.24) is 15.3 Å². The molecule has 0 amide bonds. The second-order valence-electron chi connectivity index (χ2n) is 3.30. The van der Waals surface area contributed by atoms with Crippen LogP contribution >= 0.6 is 11.3 Å². The van der Waals surface area contributed by atoms with E-state index in [1.165, 1.54) is 0 Å². The molecule has 0 aliphatic heterocycles. The maximum absolute atomic E-state index is 5.72. The van der Waals surface area contributed by atoms with E-state index in [1.807, 2.05) is 25.4 Å². The Balaban J connectivity index is 2.23. The van der Waals surface area contributed by atoms with E-state index >= 15 is 0 Å². The summed E-state index contributed by atoms with van der Waals surface area (Å²) in [6, 6.07) is 1.99. The highest BCUT2D eigenvalue weighted by molar-refractivity contribution is 7.16. The van der Waals surface area contributed by atoms with Crippen LogP contribution in [0, 0.1) is 0 Å². The molecule has 2 aromatic rings. The van der Waals surface area contributed by atoms with Crippen molar-refractivity contribution in [2.45, 2.75) is 13.0 Å². The predicted molar refractivity (Wildman–Crippen MR) is 61.4 cm³/mol. The molecule has 1 unspecified atom stereocenters. The molecule has 4 nitrogen and oxygen atoms in total. The molecule has 5 heteroatoms. The van der Waals surface area contributed by atoms with Gasteiger partial charge in [0.15, 0.2) is 0 Å². The molecular formula is C10H13N3OS. The quantitative estimate of drug-likeness (QED) is 0.856. The lowest BCUT2D eigenvalue weighted by atomic mass is 10.4. The first-order valence-electron chi connectivity index (χ1n) is 4.80. The molecule has 15 heavy (non-hydrogen) atoms. The number of rotatable bonds is 4. The molecule has 1 atom stereocenters. The smallest absolute Gasteiger partial charge is 0.225 e. The molecule has 80 valence electrons. The van der Waals surface area contributed by atoms with Gasteiger partial charge in [-0.3, -0.25) is 0 Å². The Labute approximate surface area is 92.3 Å². The molecule has 0 fully saturated rings. The van der Waals surface area contributed by atoms with E-state index in [4.69, 9.17) is 4.74 Å². The largest absolute Gasteiger partial charge is 0.473 e. The van der Waals surface area contributed by atoms with Crippen molar-refractivity contribution >= 4 is 21.6 Å². The summed E-state index contributed by atoms with van der Waals surface area (Å²) in [4.78, 5) is 9.28. The molecule has 2 heterocycles. The molecule has 0 aliphatic carbocycles. The van der Waals surface area contributed by atoms with Gasteiger partial charge in [-0.15, -0.1) is 11.3 Å². The first kappa shape index (κ1) is 10.3. The van der Waals surface area contributed by atoms with E-state index in [9.17, 15) is 0 Å². The maximum atomic E-state index is 5.72. The summed E-state index contributed by atoms with van der Waals surface area (Å²) in [6.45, 7) is 2.81. The van der Waals surface area contributed by atoms with Gasteiger partial charge in [0, 0.05) is 6.54 Å². The Hall–Kier alpha value is -1.20. The molecular weight excluding hydrogens is 210 g/mol. The number of fused-ring (bicyclic) bond motifs is 1. The third-order valence-electron chi connectivity index (χ3n) is 2.03. The van der Waals surface area contributed by atoms with Crippen LogP contribution in [0.25, 0.3) is 10.2 Å². The average Bonchev–Trinajstić information content (AvgIpc) is 2.67. The molecule has 0 aliphatic rings.